The molecule has 1 amide bonds. The number of hydrogen-bond donors (Lipinski definition) is 2. The molecule has 0 bridgehead atoms. The first-order valence-corrected chi connectivity index (χ1v) is 6.62. The van der Waals surface area contributed by atoms with Crippen molar-refractivity contribution < 1.29 is 4.79 Å². The van der Waals surface area contributed by atoms with Crippen LogP contribution in [-0.2, 0) is 6.42 Å². The van der Waals surface area contributed by atoms with Gasteiger partial charge < -0.3 is 11.1 Å². The number of rotatable bonds is 4. The normalized spacial score (nSPS) is 10.3. The zero-order valence-electron chi connectivity index (χ0n) is 10.1. The Morgan fingerprint density at radius 3 is 3.00 bits per heavy atom. The number of amides is 1. The molecule has 94 valence electrons. The van der Waals surface area contributed by atoms with Crippen LogP contribution in [0.5, 0.6) is 0 Å². The van der Waals surface area contributed by atoms with Crippen molar-refractivity contribution in [3.63, 3.8) is 0 Å². The van der Waals surface area contributed by atoms with Gasteiger partial charge >= 0.3 is 0 Å². The second-order valence-electron chi connectivity index (χ2n) is 4.06. The Hall–Kier alpha value is -1.88. The van der Waals surface area contributed by atoms with Crippen LogP contribution >= 0.6 is 11.3 Å². The molecule has 0 unspecified atom stereocenters. The summed E-state index contributed by atoms with van der Waals surface area (Å²) < 4.78 is 0. The predicted octanol–water partition coefficient (Wildman–Crippen LogP) is 2.01. The Bertz CT molecular complexity index is 537. The molecule has 0 atom stereocenters. The van der Waals surface area contributed by atoms with Gasteiger partial charge in [0.15, 0.2) is 0 Å². The van der Waals surface area contributed by atoms with E-state index in [2.05, 4.69) is 10.3 Å². The fourth-order valence-electron chi connectivity index (χ4n) is 1.58. The topological polar surface area (TPSA) is 68.0 Å². The molecular weight excluding hydrogens is 246 g/mol. The lowest BCUT2D eigenvalue weighted by atomic mass is 10.1. The number of hydrogen-bond acceptors (Lipinski definition) is 4. The second kappa shape index (κ2) is 5.64. The summed E-state index contributed by atoms with van der Waals surface area (Å²) in [6, 6.07) is 5.29. The molecule has 2 aromatic rings. The van der Waals surface area contributed by atoms with Crippen LogP contribution < -0.4 is 11.1 Å². The number of carbonyl (C=O) groups is 1. The maximum absolute atomic E-state index is 11.9. The molecule has 0 aliphatic carbocycles. The smallest absolute Gasteiger partial charge is 0.251 e. The minimum Gasteiger partial charge on any atom is -0.399 e. The molecule has 18 heavy (non-hydrogen) atoms. The number of anilines is 1. The first kappa shape index (κ1) is 12.6. The first-order chi connectivity index (χ1) is 8.66. The van der Waals surface area contributed by atoms with Gasteiger partial charge in [-0.3, -0.25) is 4.79 Å². The third-order valence-corrected chi connectivity index (χ3v) is 3.32. The lowest BCUT2D eigenvalue weighted by Crippen LogP contribution is -2.25. The summed E-state index contributed by atoms with van der Waals surface area (Å²) in [6.45, 7) is 2.48. The summed E-state index contributed by atoms with van der Waals surface area (Å²) in [5, 5.41) is 4.85. The van der Waals surface area contributed by atoms with Crippen LogP contribution in [-0.4, -0.2) is 17.4 Å². The van der Waals surface area contributed by atoms with Crippen molar-refractivity contribution in [3.8, 4) is 0 Å². The number of aromatic nitrogens is 1. The number of benzene rings is 1. The van der Waals surface area contributed by atoms with Gasteiger partial charge in [-0.2, -0.15) is 0 Å². The third kappa shape index (κ3) is 3.07. The van der Waals surface area contributed by atoms with Crippen LogP contribution in [0.25, 0.3) is 0 Å². The van der Waals surface area contributed by atoms with Crippen LogP contribution in [0.2, 0.25) is 0 Å². The Labute approximate surface area is 110 Å². The Morgan fingerprint density at radius 2 is 2.33 bits per heavy atom. The van der Waals surface area contributed by atoms with Gasteiger partial charge in [-0.25, -0.2) is 4.98 Å². The van der Waals surface area contributed by atoms with E-state index in [-0.39, 0.29) is 5.91 Å². The highest BCUT2D eigenvalue weighted by molar-refractivity contribution is 7.07. The van der Waals surface area contributed by atoms with Gasteiger partial charge in [-0.1, -0.05) is 0 Å². The average molecular weight is 261 g/mol. The highest BCUT2D eigenvalue weighted by atomic mass is 32.1. The van der Waals surface area contributed by atoms with E-state index in [0.717, 1.165) is 17.7 Å². The zero-order chi connectivity index (χ0) is 13.0. The predicted molar refractivity (Wildman–Crippen MR) is 73.7 cm³/mol. The Balaban J connectivity index is 1.89. The van der Waals surface area contributed by atoms with Gasteiger partial charge in [0, 0.05) is 29.6 Å². The van der Waals surface area contributed by atoms with Crippen LogP contribution in [0.4, 0.5) is 5.69 Å². The number of aryl methyl sites for hydroxylation is 1. The summed E-state index contributed by atoms with van der Waals surface area (Å²) >= 11 is 1.56. The van der Waals surface area contributed by atoms with E-state index < -0.39 is 0 Å². The minimum absolute atomic E-state index is 0.0756. The third-order valence-electron chi connectivity index (χ3n) is 2.68. The number of nitrogens with zero attached hydrogens (tertiary/aromatic N) is 1. The molecule has 2 rings (SSSR count). The van der Waals surface area contributed by atoms with Crippen LogP contribution in [0, 0.1) is 6.92 Å². The fraction of sp³-hybridized carbons (Fsp3) is 0.231. The average Bonchev–Trinajstić information content (AvgIpc) is 2.85. The summed E-state index contributed by atoms with van der Waals surface area (Å²) in [5.41, 5.74) is 10.8. The van der Waals surface area contributed by atoms with E-state index in [1.54, 1.807) is 35.0 Å². The molecule has 1 heterocycles. The molecule has 0 radical (unpaired) electrons. The van der Waals surface area contributed by atoms with E-state index in [1.165, 1.54) is 0 Å². The van der Waals surface area contributed by atoms with Crippen molar-refractivity contribution in [1.29, 1.82) is 0 Å². The van der Waals surface area contributed by atoms with E-state index in [1.807, 2.05) is 12.3 Å². The standard InChI is InChI=1S/C13H15N3OS/c1-9-6-10(2-3-12(9)14)13(17)15-5-4-11-7-18-8-16-11/h2-3,6-8H,4-5,14H2,1H3,(H,15,17). The summed E-state index contributed by atoms with van der Waals surface area (Å²) in [5.74, 6) is -0.0756. The fourth-order valence-corrected chi connectivity index (χ4v) is 2.18. The molecule has 3 N–H and O–H groups in total. The van der Waals surface area contributed by atoms with E-state index in [9.17, 15) is 4.79 Å². The number of nitrogens with two attached hydrogens (primary N) is 1. The van der Waals surface area contributed by atoms with Crippen LogP contribution in [0.1, 0.15) is 21.6 Å². The first-order valence-electron chi connectivity index (χ1n) is 5.68. The highest BCUT2D eigenvalue weighted by Gasteiger charge is 2.06. The molecule has 0 saturated heterocycles. The van der Waals surface area contributed by atoms with Crippen LogP contribution in [0.3, 0.4) is 0 Å². The molecule has 1 aromatic carbocycles. The molecular formula is C13H15N3OS. The summed E-state index contributed by atoms with van der Waals surface area (Å²) in [4.78, 5) is 16.0. The van der Waals surface area contributed by atoms with Crippen molar-refractivity contribution in [3.05, 3.63) is 45.9 Å². The van der Waals surface area contributed by atoms with Gasteiger partial charge in [0.1, 0.15) is 0 Å². The molecule has 5 heteroatoms. The van der Waals surface area contributed by atoms with Crippen molar-refractivity contribution in [2.24, 2.45) is 0 Å². The van der Waals surface area contributed by atoms with Crippen molar-refractivity contribution in [1.82, 2.24) is 10.3 Å². The van der Waals surface area contributed by atoms with Crippen molar-refractivity contribution in [2.45, 2.75) is 13.3 Å². The van der Waals surface area contributed by atoms with E-state index in [4.69, 9.17) is 5.73 Å². The zero-order valence-corrected chi connectivity index (χ0v) is 11.0. The Morgan fingerprint density at radius 1 is 1.50 bits per heavy atom. The van der Waals surface area contributed by atoms with Gasteiger partial charge in [-0.15, -0.1) is 11.3 Å². The number of thiazole rings is 1. The van der Waals surface area contributed by atoms with Gasteiger partial charge in [0.25, 0.3) is 5.91 Å². The maximum atomic E-state index is 11.9. The molecule has 0 saturated carbocycles. The number of nitrogen functional groups attached to an aromatic ring is 1. The number of carbonyl (C=O) groups excluding carboxylic acids is 1. The largest absolute Gasteiger partial charge is 0.399 e. The lowest BCUT2D eigenvalue weighted by molar-refractivity contribution is 0.0954. The molecule has 0 spiro atoms. The molecule has 0 aliphatic heterocycles. The minimum atomic E-state index is -0.0756. The molecule has 0 aliphatic rings. The van der Waals surface area contributed by atoms with Gasteiger partial charge in [0.05, 0.1) is 11.2 Å². The SMILES string of the molecule is Cc1cc(C(=O)NCCc2cscn2)ccc1N. The maximum Gasteiger partial charge on any atom is 0.251 e. The molecule has 4 nitrogen and oxygen atoms in total. The number of nitrogens with one attached hydrogen (secondary N) is 1. The Kier molecular flexibility index (Phi) is 3.94. The molecule has 1 aromatic heterocycles. The second-order valence-corrected chi connectivity index (χ2v) is 4.78. The van der Waals surface area contributed by atoms with Crippen LogP contribution in [0.15, 0.2) is 29.1 Å². The van der Waals surface area contributed by atoms with Gasteiger partial charge in [0.2, 0.25) is 0 Å². The molecule has 0 fully saturated rings. The summed E-state index contributed by atoms with van der Waals surface area (Å²) in [6.07, 6.45) is 0.753. The lowest BCUT2D eigenvalue weighted by Gasteiger charge is -2.06. The summed E-state index contributed by atoms with van der Waals surface area (Å²) in [7, 11) is 0. The van der Waals surface area contributed by atoms with E-state index >= 15 is 0 Å². The van der Waals surface area contributed by atoms with E-state index in [0.29, 0.717) is 17.8 Å². The van der Waals surface area contributed by atoms with Crippen molar-refractivity contribution in [2.75, 3.05) is 12.3 Å². The van der Waals surface area contributed by atoms with Crippen molar-refractivity contribution >= 4 is 22.9 Å². The highest BCUT2D eigenvalue weighted by Crippen LogP contribution is 2.12. The monoisotopic (exact) mass is 261 g/mol. The quantitative estimate of drug-likeness (QED) is 0.827. The van der Waals surface area contributed by atoms with Gasteiger partial charge in [-0.05, 0) is 30.7 Å².